The van der Waals surface area contributed by atoms with Crippen molar-refractivity contribution in [2.24, 2.45) is 5.92 Å². The summed E-state index contributed by atoms with van der Waals surface area (Å²) < 4.78 is 1.89. The SMILES string of the molecule is O=C(NC1CCCC1CCl)c1cc(Br)ccc1I. The molecule has 1 saturated carbocycles. The summed E-state index contributed by atoms with van der Waals surface area (Å²) >= 11 is 11.5. The molecule has 1 aromatic carbocycles. The Balaban J connectivity index is 2.09. The Morgan fingerprint density at radius 3 is 3.00 bits per heavy atom. The Morgan fingerprint density at radius 2 is 2.28 bits per heavy atom. The van der Waals surface area contributed by atoms with Gasteiger partial charge >= 0.3 is 0 Å². The largest absolute Gasteiger partial charge is 0.349 e. The Kier molecular flexibility index (Phi) is 5.33. The van der Waals surface area contributed by atoms with Crippen molar-refractivity contribution >= 4 is 56.0 Å². The first-order valence-corrected chi connectivity index (χ1v) is 8.34. The van der Waals surface area contributed by atoms with Crippen molar-refractivity contribution in [1.82, 2.24) is 5.32 Å². The second-order valence-electron chi connectivity index (χ2n) is 4.55. The second kappa shape index (κ2) is 6.57. The fourth-order valence-electron chi connectivity index (χ4n) is 2.33. The average molecular weight is 443 g/mol. The van der Waals surface area contributed by atoms with Gasteiger partial charge in [-0.1, -0.05) is 22.4 Å². The Labute approximate surface area is 134 Å². The normalized spacial score (nSPS) is 23.1. The lowest BCUT2D eigenvalue weighted by molar-refractivity contribution is 0.0929. The van der Waals surface area contributed by atoms with E-state index in [1.54, 1.807) is 0 Å². The van der Waals surface area contributed by atoms with E-state index in [2.05, 4.69) is 43.8 Å². The highest BCUT2D eigenvalue weighted by Gasteiger charge is 2.28. The second-order valence-corrected chi connectivity index (χ2v) is 6.94. The average Bonchev–Trinajstić information content (AvgIpc) is 2.79. The number of amides is 1. The highest BCUT2D eigenvalue weighted by Crippen LogP contribution is 2.27. The highest BCUT2D eigenvalue weighted by atomic mass is 127. The van der Waals surface area contributed by atoms with Gasteiger partial charge in [-0.25, -0.2) is 0 Å². The molecule has 1 aromatic rings. The third kappa shape index (κ3) is 3.39. The first-order valence-electron chi connectivity index (χ1n) is 5.93. The fourth-order valence-corrected chi connectivity index (χ4v) is 3.64. The number of rotatable bonds is 3. The summed E-state index contributed by atoms with van der Waals surface area (Å²) in [6.45, 7) is 0. The van der Waals surface area contributed by atoms with Gasteiger partial charge in [-0.2, -0.15) is 0 Å². The van der Waals surface area contributed by atoms with Crippen molar-refractivity contribution in [3.63, 3.8) is 0 Å². The molecule has 0 aromatic heterocycles. The molecule has 2 unspecified atom stereocenters. The van der Waals surface area contributed by atoms with E-state index >= 15 is 0 Å². The molecule has 0 aliphatic heterocycles. The molecule has 18 heavy (non-hydrogen) atoms. The van der Waals surface area contributed by atoms with Crippen LogP contribution in [-0.2, 0) is 0 Å². The van der Waals surface area contributed by atoms with Gasteiger partial charge in [0.2, 0.25) is 0 Å². The summed E-state index contributed by atoms with van der Waals surface area (Å²) in [4.78, 5) is 12.3. The van der Waals surface area contributed by atoms with Crippen LogP contribution in [-0.4, -0.2) is 17.8 Å². The molecule has 0 spiro atoms. The van der Waals surface area contributed by atoms with Gasteiger partial charge in [0.05, 0.1) is 5.56 Å². The Bertz CT molecular complexity index is 455. The summed E-state index contributed by atoms with van der Waals surface area (Å²) in [5.41, 5.74) is 0.727. The molecule has 0 radical (unpaired) electrons. The number of benzene rings is 1. The molecule has 0 bridgehead atoms. The van der Waals surface area contributed by atoms with Gasteiger partial charge in [-0.05, 0) is 59.5 Å². The van der Waals surface area contributed by atoms with Crippen molar-refractivity contribution in [1.29, 1.82) is 0 Å². The summed E-state index contributed by atoms with van der Waals surface area (Å²) in [7, 11) is 0. The smallest absolute Gasteiger partial charge is 0.252 e. The molecule has 2 rings (SSSR count). The standard InChI is InChI=1S/C13H14BrClINO/c14-9-4-5-11(16)10(6-9)13(18)17-12-3-1-2-8(12)7-15/h4-6,8,12H,1-3,7H2,(H,17,18). The monoisotopic (exact) mass is 441 g/mol. The predicted molar refractivity (Wildman–Crippen MR) is 86.2 cm³/mol. The zero-order valence-corrected chi connectivity index (χ0v) is 14.3. The van der Waals surface area contributed by atoms with E-state index in [1.165, 1.54) is 0 Å². The van der Waals surface area contributed by atoms with Crippen molar-refractivity contribution < 1.29 is 4.79 Å². The van der Waals surface area contributed by atoms with Crippen LogP contribution in [0.4, 0.5) is 0 Å². The summed E-state index contributed by atoms with van der Waals surface area (Å²) in [6, 6.07) is 5.97. The van der Waals surface area contributed by atoms with Crippen LogP contribution in [0.1, 0.15) is 29.6 Å². The van der Waals surface area contributed by atoms with Crippen LogP contribution >= 0.6 is 50.1 Å². The van der Waals surface area contributed by atoms with E-state index < -0.39 is 0 Å². The first-order chi connectivity index (χ1) is 8.61. The van der Waals surface area contributed by atoms with Crippen molar-refractivity contribution in [2.75, 3.05) is 5.88 Å². The minimum atomic E-state index is 0.00252. The van der Waals surface area contributed by atoms with Crippen LogP contribution in [0.15, 0.2) is 22.7 Å². The zero-order valence-electron chi connectivity index (χ0n) is 9.76. The van der Waals surface area contributed by atoms with Gasteiger partial charge < -0.3 is 5.32 Å². The number of halogens is 3. The van der Waals surface area contributed by atoms with Crippen molar-refractivity contribution in [3.8, 4) is 0 Å². The topological polar surface area (TPSA) is 29.1 Å². The maximum atomic E-state index is 12.3. The third-order valence-corrected chi connectivity index (χ3v) is 5.18. The van der Waals surface area contributed by atoms with Gasteiger partial charge in [0, 0.05) is 20.0 Å². The molecule has 2 atom stereocenters. The van der Waals surface area contributed by atoms with E-state index in [0.717, 1.165) is 32.9 Å². The predicted octanol–water partition coefficient (Wildman–Crippen LogP) is 4.19. The summed E-state index contributed by atoms with van der Waals surface area (Å²) in [5, 5.41) is 3.12. The van der Waals surface area contributed by atoms with Crippen LogP contribution in [0.3, 0.4) is 0 Å². The fraction of sp³-hybridized carbons (Fsp3) is 0.462. The highest BCUT2D eigenvalue weighted by molar-refractivity contribution is 14.1. The van der Waals surface area contributed by atoms with Crippen LogP contribution < -0.4 is 5.32 Å². The summed E-state index contributed by atoms with van der Waals surface area (Å²) in [5.74, 6) is 1.05. The van der Waals surface area contributed by atoms with Gasteiger partial charge in [-0.3, -0.25) is 4.79 Å². The molecule has 5 heteroatoms. The van der Waals surface area contributed by atoms with E-state index in [0.29, 0.717) is 11.8 Å². The van der Waals surface area contributed by atoms with Gasteiger partial charge in [-0.15, -0.1) is 11.6 Å². The molecule has 1 fully saturated rings. The van der Waals surface area contributed by atoms with Crippen LogP contribution in [0, 0.1) is 9.49 Å². The molecular formula is C13H14BrClINO. The molecule has 98 valence electrons. The molecular weight excluding hydrogens is 428 g/mol. The lowest BCUT2D eigenvalue weighted by Crippen LogP contribution is -2.38. The molecule has 1 aliphatic carbocycles. The van der Waals surface area contributed by atoms with E-state index in [4.69, 9.17) is 11.6 Å². The lowest BCUT2D eigenvalue weighted by Gasteiger charge is -2.19. The molecule has 0 heterocycles. The number of carbonyl (C=O) groups excluding carboxylic acids is 1. The van der Waals surface area contributed by atoms with Gasteiger partial charge in [0.15, 0.2) is 0 Å². The Hall–Kier alpha value is 0.190. The van der Waals surface area contributed by atoms with Gasteiger partial charge in [0.25, 0.3) is 5.91 Å². The van der Waals surface area contributed by atoms with E-state index in [-0.39, 0.29) is 11.9 Å². The molecule has 1 amide bonds. The molecule has 1 N–H and O–H groups in total. The number of alkyl halides is 1. The molecule has 1 aliphatic rings. The number of hydrogen-bond acceptors (Lipinski definition) is 1. The number of nitrogens with one attached hydrogen (secondary N) is 1. The summed E-state index contributed by atoms with van der Waals surface area (Å²) in [6.07, 6.45) is 3.30. The number of carbonyl (C=O) groups is 1. The first kappa shape index (κ1) is 14.6. The van der Waals surface area contributed by atoms with Crippen LogP contribution in [0.2, 0.25) is 0 Å². The quantitative estimate of drug-likeness (QED) is 0.552. The van der Waals surface area contributed by atoms with E-state index in [1.807, 2.05) is 18.2 Å². The maximum absolute atomic E-state index is 12.3. The molecule has 2 nitrogen and oxygen atoms in total. The Morgan fingerprint density at radius 1 is 1.50 bits per heavy atom. The minimum absolute atomic E-state index is 0.00252. The van der Waals surface area contributed by atoms with Crippen molar-refractivity contribution in [3.05, 3.63) is 31.8 Å². The minimum Gasteiger partial charge on any atom is -0.349 e. The third-order valence-electron chi connectivity index (χ3n) is 3.35. The van der Waals surface area contributed by atoms with Crippen molar-refractivity contribution in [2.45, 2.75) is 25.3 Å². The van der Waals surface area contributed by atoms with Crippen LogP contribution in [0.25, 0.3) is 0 Å². The number of hydrogen-bond donors (Lipinski definition) is 1. The van der Waals surface area contributed by atoms with E-state index in [9.17, 15) is 4.79 Å². The zero-order chi connectivity index (χ0) is 13.1. The van der Waals surface area contributed by atoms with Crippen LogP contribution in [0.5, 0.6) is 0 Å². The molecule has 0 saturated heterocycles. The maximum Gasteiger partial charge on any atom is 0.252 e. The lowest BCUT2D eigenvalue weighted by atomic mass is 10.1. The van der Waals surface area contributed by atoms with Gasteiger partial charge in [0.1, 0.15) is 0 Å².